The van der Waals surface area contributed by atoms with E-state index in [9.17, 15) is 5.11 Å². The summed E-state index contributed by atoms with van der Waals surface area (Å²) in [5, 5.41) is 10.1. The largest absolute Gasteiger partial charge is 0.508 e. The molecule has 0 amide bonds. The molecule has 0 saturated carbocycles. The highest BCUT2D eigenvalue weighted by Gasteiger charge is 2.15. The molecule has 1 atom stereocenters. The summed E-state index contributed by atoms with van der Waals surface area (Å²) in [5.41, 5.74) is 4.43. The van der Waals surface area contributed by atoms with Crippen molar-refractivity contribution >= 4 is 5.69 Å². The Bertz CT molecular complexity index is 560. The summed E-state index contributed by atoms with van der Waals surface area (Å²) in [7, 11) is 2.05. The van der Waals surface area contributed by atoms with E-state index >= 15 is 0 Å². The third kappa shape index (κ3) is 2.90. The monoisotopic (exact) mass is 255 g/mol. The first-order valence-corrected chi connectivity index (χ1v) is 6.58. The maximum absolute atomic E-state index is 10.1. The summed E-state index contributed by atoms with van der Waals surface area (Å²) >= 11 is 0. The van der Waals surface area contributed by atoms with Crippen LogP contribution in [-0.4, -0.2) is 12.2 Å². The van der Waals surface area contributed by atoms with Crippen molar-refractivity contribution in [2.45, 2.75) is 26.8 Å². The molecule has 0 heterocycles. The van der Waals surface area contributed by atoms with Crippen LogP contribution < -0.4 is 4.90 Å². The molecule has 19 heavy (non-hydrogen) atoms. The van der Waals surface area contributed by atoms with Crippen molar-refractivity contribution in [3.05, 3.63) is 59.2 Å². The number of phenols is 1. The van der Waals surface area contributed by atoms with E-state index in [-0.39, 0.29) is 6.04 Å². The Labute approximate surface area is 115 Å². The molecule has 0 aliphatic carbocycles. The van der Waals surface area contributed by atoms with Gasteiger partial charge >= 0.3 is 0 Å². The van der Waals surface area contributed by atoms with Crippen molar-refractivity contribution in [3.8, 4) is 5.75 Å². The lowest BCUT2D eigenvalue weighted by Crippen LogP contribution is -2.21. The van der Waals surface area contributed by atoms with Crippen molar-refractivity contribution in [3.63, 3.8) is 0 Å². The van der Waals surface area contributed by atoms with E-state index in [0.29, 0.717) is 5.75 Å². The van der Waals surface area contributed by atoms with Gasteiger partial charge in [-0.15, -0.1) is 0 Å². The van der Waals surface area contributed by atoms with Gasteiger partial charge < -0.3 is 10.0 Å². The zero-order valence-electron chi connectivity index (χ0n) is 12.0. The highest BCUT2D eigenvalue weighted by Crippen LogP contribution is 2.31. The lowest BCUT2D eigenvalue weighted by molar-refractivity contribution is 0.462. The van der Waals surface area contributed by atoms with Gasteiger partial charge in [0, 0.05) is 18.3 Å². The summed E-state index contributed by atoms with van der Waals surface area (Å²) < 4.78 is 0. The molecule has 1 unspecified atom stereocenters. The van der Waals surface area contributed by atoms with Crippen molar-refractivity contribution < 1.29 is 5.11 Å². The molecule has 0 aliphatic rings. The second-order valence-electron chi connectivity index (χ2n) is 5.18. The first kappa shape index (κ1) is 13.5. The van der Waals surface area contributed by atoms with Crippen LogP contribution in [0, 0.1) is 13.8 Å². The van der Waals surface area contributed by atoms with Gasteiger partial charge in [0.15, 0.2) is 0 Å². The Hall–Kier alpha value is -1.96. The summed E-state index contributed by atoms with van der Waals surface area (Å²) in [6.07, 6.45) is 0. The van der Waals surface area contributed by atoms with Crippen LogP contribution in [0.4, 0.5) is 5.69 Å². The van der Waals surface area contributed by atoms with E-state index in [1.54, 1.807) is 0 Å². The van der Waals surface area contributed by atoms with Crippen molar-refractivity contribution in [1.82, 2.24) is 0 Å². The first-order valence-electron chi connectivity index (χ1n) is 6.58. The molecule has 0 spiro atoms. The first-order chi connectivity index (χ1) is 8.99. The highest BCUT2D eigenvalue weighted by molar-refractivity contribution is 5.51. The molecule has 100 valence electrons. The fourth-order valence-electron chi connectivity index (χ4n) is 2.22. The van der Waals surface area contributed by atoms with Gasteiger partial charge in [0.2, 0.25) is 0 Å². The predicted octanol–water partition coefficient (Wildman–Crippen LogP) is 4.21. The number of benzene rings is 2. The fourth-order valence-corrected chi connectivity index (χ4v) is 2.22. The number of aromatic hydroxyl groups is 1. The fraction of sp³-hybridized carbons (Fsp3) is 0.294. The Morgan fingerprint density at radius 2 is 1.53 bits per heavy atom. The SMILES string of the molecule is Cc1ccc(N(C)C(C)c2ccc(C)cc2O)cc1. The maximum atomic E-state index is 10.1. The lowest BCUT2D eigenvalue weighted by atomic mass is 10.0. The standard InChI is InChI=1S/C17H21NO/c1-12-5-8-15(9-6-12)18(4)14(3)16-10-7-13(2)11-17(16)19/h5-11,14,19H,1-4H3. The average Bonchev–Trinajstić information content (AvgIpc) is 2.38. The smallest absolute Gasteiger partial charge is 0.121 e. The minimum absolute atomic E-state index is 0.128. The zero-order valence-corrected chi connectivity index (χ0v) is 12.0. The molecule has 0 aromatic heterocycles. The number of nitrogens with zero attached hydrogens (tertiary/aromatic N) is 1. The molecule has 2 heteroatoms. The molecule has 1 N–H and O–H groups in total. The average molecular weight is 255 g/mol. The van der Waals surface area contributed by atoms with E-state index in [4.69, 9.17) is 0 Å². The molecule has 2 aromatic rings. The van der Waals surface area contributed by atoms with Gasteiger partial charge in [-0.1, -0.05) is 29.8 Å². The summed E-state index contributed by atoms with van der Waals surface area (Å²) in [6.45, 7) is 6.17. The van der Waals surface area contributed by atoms with Gasteiger partial charge in [-0.2, -0.15) is 0 Å². The van der Waals surface area contributed by atoms with E-state index in [2.05, 4.69) is 50.1 Å². The summed E-state index contributed by atoms with van der Waals surface area (Å²) in [6, 6.07) is 14.4. The Kier molecular flexibility index (Phi) is 3.79. The number of rotatable bonds is 3. The molecule has 2 aromatic carbocycles. The van der Waals surface area contributed by atoms with Gasteiger partial charge in [-0.25, -0.2) is 0 Å². The van der Waals surface area contributed by atoms with E-state index in [1.165, 1.54) is 5.56 Å². The van der Waals surface area contributed by atoms with Gasteiger partial charge in [0.1, 0.15) is 5.75 Å². The van der Waals surface area contributed by atoms with Crippen molar-refractivity contribution in [1.29, 1.82) is 0 Å². The van der Waals surface area contributed by atoms with Gasteiger partial charge in [-0.05, 0) is 44.5 Å². The van der Waals surface area contributed by atoms with Crippen LogP contribution in [-0.2, 0) is 0 Å². The van der Waals surface area contributed by atoms with Crippen LogP contribution in [0.15, 0.2) is 42.5 Å². The second kappa shape index (κ2) is 5.35. The Morgan fingerprint density at radius 3 is 2.11 bits per heavy atom. The Balaban J connectivity index is 2.27. The molecule has 0 saturated heterocycles. The van der Waals surface area contributed by atoms with Crippen molar-refractivity contribution in [2.24, 2.45) is 0 Å². The molecule has 0 aliphatic heterocycles. The molecule has 2 nitrogen and oxygen atoms in total. The third-order valence-corrected chi connectivity index (χ3v) is 3.66. The molecule has 0 fully saturated rings. The zero-order chi connectivity index (χ0) is 14.0. The van der Waals surface area contributed by atoms with Crippen molar-refractivity contribution in [2.75, 3.05) is 11.9 Å². The molecule has 2 rings (SSSR count). The van der Waals surface area contributed by atoms with E-state index in [0.717, 1.165) is 16.8 Å². The number of aryl methyl sites for hydroxylation is 2. The maximum Gasteiger partial charge on any atom is 0.121 e. The molecule has 0 radical (unpaired) electrons. The van der Waals surface area contributed by atoms with Crippen LogP contribution >= 0.6 is 0 Å². The summed E-state index contributed by atoms with van der Waals surface area (Å²) in [5.74, 6) is 0.367. The predicted molar refractivity (Wildman–Crippen MR) is 80.8 cm³/mol. The number of phenolic OH excluding ortho intramolecular Hbond substituents is 1. The van der Waals surface area contributed by atoms with Crippen LogP contribution in [0.3, 0.4) is 0 Å². The molecular formula is C17H21NO. The lowest BCUT2D eigenvalue weighted by Gasteiger charge is -2.28. The van der Waals surface area contributed by atoms with Crippen LogP contribution in [0.2, 0.25) is 0 Å². The van der Waals surface area contributed by atoms with Crippen LogP contribution in [0.1, 0.15) is 29.7 Å². The second-order valence-corrected chi connectivity index (χ2v) is 5.18. The number of hydrogen-bond donors (Lipinski definition) is 1. The third-order valence-electron chi connectivity index (χ3n) is 3.66. The summed E-state index contributed by atoms with van der Waals surface area (Å²) in [4.78, 5) is 2.17. The van der Waals surface area contributed by atoms with Crippen LogP contribution in [0.25, 0.3) is 0 Å². The topological polar surface area (TPSA) is 23.5 Å². The minimum Gasteiger partial charge on any atom is -0.508 e. The van der Waals surface area contributed by atoms with Gasteiger partial charge in [-0.3, -0.25) is 0 Å². The van der Waals surface area contributed by atoms with E-state index < -0.39 is 0 Å². The highest BCUT2D eigenvalue weighted by atomic mass is 16.3. The molecular weight excluding hydrogens is 234 g/mol. The Morgan fingerprint density at radius 1 is 0.947 bits per heavy atom. The number of anilines is 1. The quantitative estimate of drug-likeness (QED) is 0.888. The molecule has 0 bridgehead atoms. The van der Waals surface area contributed by atoms with Crippen LogP contribution in [0.5, 0.6) is 5.75 Å². The number of hydrogen-bond acceptors (Lipinski definition) is 2. The van der Waals surface area contributed by atoms with E-state index in [1.807, 2.05) is 25.1 Å². The van der Waals surface area contributed by atoms with Gasteiger partial charge in [0.05, 0.1) is 6.04 Å². The van der Waals surface area contributed by atoms with Gasteiger partial charge in [0.25, 0.3) is 0 Å². The minimum atomic E-state index is 0.128. The normalized spacial score (nSPS) is 12.2.